The van der Waals surface area contributed by atoms with E-state index in [1.54, 1.807) is 7.11 Å². The summed E-state index contributed by atoms with van der Waals surface area (Å²) in [5, 5.41) is 1.16. The average Bonchev–Trinajstić information content (AvgIpc) is 2.75. The normalized spacial score (nSPS) is 17.4. The summed E-state index contributed by atoms with van der Waals surface area (Å²) in [7, 11) is 3.67. The monoisotopic (exact) mass is 273 g/mol. The first-order valence-corrected chi connectivity index (χ1v) is 6.99. The molecule has 4 nitrogen and oxygen atoms in total. The van der Waals surface area contributed by atoms with Gasteiger partial charge in [-0.1, -0.05) is 12.1 Å². The molecule has 3 rings (SSSR count). The van der Waals surface area contributed by atoms with Gasteiger partial charge in [-0.15, -0.1) is 0 Å². The molecule has 0 saturated heterocycles. The topological polar surface area (TPSA) is 40.5 Å². The molecule has 1 aliphatic carbocycles. The van der Waals surface area contributed by atoms with Gasteiger partial charge in [-0.05, 0) is 37.0 Å². The summed E-state index contributed by atoms with van der Waals surface area (Å²) in [6.07, 6.45) is 1.86. The molecule has 0 N–H and O–H groups in total. The second kappa shape index (κ2) is 4.94. The van der Waals surface area contributed by atoms with Crippen molar-refractivity contribution in [2.45, 2.75) is 25.9 Å². The summed E-state index contributed by atoms with van der Waals surface area (Å²) in [4.78, 5) is 12.2. The van der Waals surface area contributed by atoms with Gasteiger partial charge in [0.2, 0.25) is 0 Å². The Bertz CT molecular complexity index is 672. The van der Waals surface area contributed by atoms with Crippen LogP contribution in [-0.4, -0.2) is 24.3 Å². The molecule has 1 heterocycles. The van der Waals surface area contributed by atoms with Crippen LogP contribution in [0.3, 0.4) is 0 Å². The highest BCUT2D eigenvalue weighted by Gasteiger charge is 2.29. The SMILES string of the molecule is CCOC(=O)c1c2c3c(cccc3n1C)C(OC)CC2. The summed E-state index contributed by atoms with van der Waals surface area (Å²) >= 11 is 0. The van der Waals surface area contributed by atoms with Crippen LogP contribution in [0.1, 0.15) is 41.1 Å². The maximum Gasteiger partial charge on any atom is 0.355 e. The molecule has 4 heteroatoms. The molecule has 0 fully saturated rings. The number of benzene rings is 1. The molecular weight excluding hydrogens is 254 g/mol. The van der Waals surface area contributed by atoms with Gasteiger partial charge in [0.05, 0.1) is 12.7 Å². The molecule has 1 aromatic heterocycles. The van der Waals surface area contributed by atoms with Crippen molar-refractivity contribution in [1.29, 1.82) is 0 Å². The standard InChI is InChI=1S/C16H19NO3/c1-4-20-16(18)15-11-8-9-13(19-3)10-6-5-7-12(14(10)11)17(15)2/h5-7,13H,4,8-9H2,1-3H3. The zero-order valence-electron chi connectivity index (χ0n) is 12.1. The van der Waals surface area contributed by atoms with E-state index in [0.717, 1.165) is 29.3 Å². The lowest BCUT2D eigenvalue weighted by molar-refractivity contribution is 0.0513. The lowest BCUT2D eigenvalue weighted by Gasteiger charge is -2.22. The molecule has 0 spiro atoms. The van der Waals surface area contributed by atoms with Crippen LogP contribution in [-0.2, 0) is 22.9 Å². The number of hydrogen-bond acceptors (Lipinski definition) is 3. The number of methoxy groups -OCH3 is 1. The first-order chi connectivity index (χ1) is 9.69. The number of carbonyl (C=O) groups is 1. The van der Waals surface area contributed by atoms with E-state index in [1.807, 2.05) is 30.7 Å². The summed E-state index contributed by atoms with van der Waals surface area (Å²) < 4.78 is 12.7. The van der Waals surface area contributed by atoms with Crippen molar-refractivity contribution in [2.24, 2.45) is 7.05 Å². The Kier molecular flexibility index (Phi) is 3.26. The number of esters is 1. The smallest absolute Gasteiger partial charge is 0.355 e. The van der Waals surface area contributed by atoms with Crippen LogP contribution in [0.15, 0.2) is 18.2 Å². The van der Waals surface area contributed by atoms with Crippen LogP contribution in [0.2, 0.25) is 0 Å². The first-order valence-electron chi connectivity index (χ1n) is 6.99. The van der Waals surface area contributed by atoms with E-state index in [9.17, 15) is 4.79 Å². The van der Waals surface area contributed by atoms with Gasteiger partial charge in [-0.2, -0.15) is 0 Å². The van der Waals surface area contributed by atoms with Crippen LogP contribution < -0.4 is 0 Å². The molecule has 0 bridgehead atoms. The molecule has 1 aromatic carbocycles. The molecular formula is C16H19NO3. The van der Waals surface area contributed by atoms with E-state index >= 15 is 0 Å². The summed E-state index contributed by atoms with van der Waals surface area (Å²) in [5.74, 6) is -0.233. The van der Waals surface area contributed by atoms with Gasteiger partial charge in [-0.3, -0.25) is 0 Å². The minimum absolute atomic E-state index is 0.114. The third kappa shape index (κ3) is 1.75. The first kappa shape index (κ1) is 13.2. The van der Waals surface area contributed by atoms with Crippen LogP contribution in [0, 0.1) is 0 Å². The highest BCUT2D eigenvalue weighted by Crippen LogP contribution is 2.40. The van der Waals surface area contributed by atoms with Gasteiger partial charge < -0.3 is 14.0 Å². The van der Waals surface area contributed by atoms with E-state index in [4.69, 9.17) is 9.47 Å². The molecule has 1 aliphatic rings. The largest absolute Gasteiger partial charge is 0.461 e. The minimum Gasteiger partial charge on any atom is -0.461 e. The van der Waals surface area contributed by atoms with Gasteiger partial charge in [0.1, 0.15) is 5.69 Å². The fourth-order valence-electron chi connectivity index (χ4n) is 3.25. The van der Waals surface area contributed by atoms with Crippen LogP contribution in [0.25, 0.3) is 10.9 Å². The highest BCUT2D eigenvalue weighted by molar-refractivity contribution is 6.00. The minimum atomic E-state index is -0.233. The van der Waals surface area contributed by atoms with Gasteiger partial charge in [0, 0.05) is 25.1 Å². The number of rotatable bonds is 3. The Labute approximate surface area is 118 Å². The number of aromatic nitrogens is 1. The van der Waals surface area contributed by atoms with Crippen molar-refractivity contribution in [3.8, 4) is 0 Å². The fraction of sp³-hybridized carbons (Fsp3) is 0.438. The third-order valence-electron chi connectivity index (χ3n) is 4.12. The van der Waals surface area contributed by atoms with Crippen LogP contribution >= 0.6 is 0 Å². The summed E-state index contributed by atoms with van der Waals surface area (Å²) in [6.45, 7) is 2.23. The average molecular weight is 273 g/mol. The second-order valence-electron chi connectivity index (χ2n) is 5.11. The Balaban J connectivity index is 2.28. The van der Waals surface area contributed by atoms with E-state index in [-0.39, 0.29) is 12.1 Å². The molecule has 0 amide bonds. The Hall–Kier alpha value is -1.81. The fourth-order valence-corrected chi connectivity index (χ4v) is 3.25. The maximum absolute atomic E-state index is 12.2. The second-order valence-corrected chi connectivity index (χ2v) is 5.11. The Morgan fingerprint density at radius 1 is 1.45 bits per heavy atom. The van der Waals surface area contributed by atoms with E-state index in [0.29, 0.717) is 12.3 Å². The maximum atomic E-state index is 12.2. The van der Waals surface area contributed by atoms with Gasteiger partial charge in [0.25, 0.3) is 0 Å². The molecule has 0 radical (unpaired) electrons. The molecule has 1 atom stereocenters. The number of carbonyl (C=O) groups excluding carboxylic acids is 1. The van der Waals surface area contributed by atoms with E-state index in [1.165, 1.54) is 5.56 Å². The van der Waals surface area contributed by atoms with Crippen molar-refractivity contribution in [1.82, 2.24) is 4.57 Å². The van der Waals surface area contributed by atoms with Crippen molar-refractivity contribution in [2.75, 3.05) is 13.7 Å². The molecule has 0 aliphatic heterocycles. The highest BCUT2D eigenvalue weighted by atomic mass is 16.5. The lowest BCUT2D eigenvalue weighted by atomic mass is 9.89. The Morgan fingerprint density at radius 3 is 2.95 bits per heavy atom. The molecule has 0 saturated carbocycles. The predicted molar refractivity (Wildman–Crippen MR) is 76.9 cm³/mol. The predicted octanol–water partition coefficient (Wildman–Crippen LogP) is 2.99. The molecule has 1 unspecified atom stereocenters. The van der Waals surface area contributed by atoms with Gasteiger partial charge in [0.15, 0.2) is 0 Å². The van der Waals surface area contributed by atoms with Crippen molar-refractivity contribution in [3.05, 3.63) is 35.0 Å². The number of aryl methyl sites for hydroxylation is 2. The summed E-state index contributed by atoms with van der Waals surface area (Å²) in [6, 6.07) is 6.16. The number of hydrogen-bond donors (Lipinski definition) is 0. The zero-order chi connectivity index (χ0) is 14.3. The zero-order valence-corrected chi connectivity index (χ0v) is 12.1. The lowest BCUT2D eigenvalue weighted by Crippen LogP contribution is -2.14. The number of nitrogens with zero attached hydrogens (tertiary/aromatic N) is 1. The quantitative estimate of drug-likeness (QED) is 0.807. The third-order valence-corrected chi connectivity index (χ3v) is 4.12. The van der Waals surface area contributed by atoms with Gasteiger partial charge in [-0.25, -0.2) is 4.79 Å². The van der Waals surface area contributed by atoms with Crippen molar-refractivity contribution >= 4 is 16.9 Å². The molecule has 2 aromatic rings. The Morgan fingerprint density at radius 2 is 2.25 bits per heavy atom. The van der Waals surface area contributed by atoms with Crippen molar-refractivity contribution < 1.29 is 14.3 Å². The molecule has 106 valence electrons. The van der Waals surface area contributed by atoms with Gasteiger partial charge >= 0.3 is 5.97 Å². The van der Waals surface area contributed by atoms with E-state index in [2.05, 4.69) is 6.07 Å². The van der Waals surface area contributed by atoms with E-state index < -0.39 is 0 Å². The molecule has 20 heavy (non-hydrogen) atoms. The summed E-state index contributed by atoms with van der Waals surface area (Å²) in [5.41, 5.74) is 4.04. The number of ether oxygens (including phenoxy) is 2. The van der Waals surface area contributed by atoms with Crippen molar-refractivity contribution in [3.63, 3.8) is 0 Å². The van der Waals surface area contributed by atoms with Crippen LogP contribution in [0.5, 0.6) is 0 Å². The van der Waals surface area contributed by atoms with Crippen LogP contribution in [0.4, 0.5) is 0 Å².